The molecule has 0 saturated carbocycles. The van der Waals surface area contributed by atoms with E-state index in [9.17, 15) is 14.7 Å². The van der Waals surface area contributed by atoms with Crippen molar-refractivity contribution >= 4 is 33.6 Å². The number of fused-ring (bicyclic) bond motifs is 1. The van der Waals surface area contributed by atoms with Gasteiger partial charge < -0.3 is 14.7 Å². The van der Waals surface area contributed by atoms with Gasteiger partial charge in [0.05, 0.1) is 24.8 Å². The number of carbonyl (C=O) groups excluding carboxylic acids is 2. The standard InChI is InChI=1S/C16H18BrNO4/c1-9(2)7-18-8-13(16(21)22-3)14(19)12-6-10(17)4-5-11(12)15(18)20/h4-6,9,19H,7-8H2,1-3H3. The lowest BCUT2D eigenvalue weighted by atomic mass is 10.0. The second-order valence-corrected chi connectivity index (χ2v) is 6.50. The van der Waals surface area contributed by atoms with Crippen molar-refractivity contribution in [2.75, 3.05) is 20.2 Å². The minimum absolute atomic E-state index is 0.0296. The monoisotopic (exact) mass is 367 g/mol. The summed E-state index contributed by atoms with van der Waals surface area (Å²) < 4.78 is 5.46. The molecule has 1 heterocycles. The van der Waals surface area contributed by atoms with E-state index in [0.717, 1.165) is 0 Å². The van der Waals surface area contributed by atoms with Crippen LogP contribution in [0.3, 0.4) is 0 Å². The maximum absolute atomic E-state index is 12.7. The van der Waals surface area contributed by atoms with Gasteiger partial charge >= 0.3 is 5.97 Å². The van der Waals surface area contributed by atoms with Crippen LogP contribution in [-0.2, 0) is 9.53 Å². The molecule has 0 unspecified atom stereocenters. The molecule has 0 bridgehead atoms. The lowest BCUT2D eigenvalue weighted by molar-refractivity contribution is -0.136. The van der Waals surface area contributed by atoms with Crippen molar-refractivity contribution in [1.29, 1.82) is 0 Å². The first-order chi connectivity index (χ1) is 10.3. The number of hydrogen-bond donors (Lipinski definition) is 1. The molecule has 5 nitrogen and oxygen atoms in total. The van der Waals surface area contributed by atoms with Gasteiger partial charge in [0.25, 0.3) is 5.91 Å². The third kappa shape index (κ3) is 3.16. The Morgan fingerprint density at radius 3 is 2.68 bits per heavy atom. The normalized spacial score (nSPS) is 15.0. The molecule has 1 aliphatic rings. The average molecular weight is 368 g/mol. The molecule has 1 aromatic rings. The summed E-state index contributed by atoms with van der Waals surface area (Å²) in [7, 11) is 1.25. The number of esters is 1. The Balaban J connectivity index is 2.62. The fourth-order valence-electron chi connectivity index (χ4n) is 2.44. The van der Waals surface area contributed by atoms with Gasteiger partial charge in [-0.15, -0.1) is 0 Å². The lowest BCUT2D eigenvalue weighted by Crippen LogP contribution is -2.36. The predicted molar refractivity (Wildman–Crippen MR) is 86.4 cm³/mol. The van der Waals surface area contributed by atoms with Crippen LogP contribution >= 0.6 is 15.9 Å². The zero-order valence-corrected chi connectivity index (χ0v) is 14.3. The van der Waals surface area contributed by atoms with E-state index in [-0.39, 0.29) is 29.7 Å². The Labute approximate surface area is 137 Å². The SMILES string of the molecule is COC(=O)C1=C(O)c2cc(Br)ccc2C(=O)N(CC(C)C)C1. The van der Waals surface area contributed by atoms with Crippen LogP contribution in [0.25, 0.3) is 5.76 Å². The van der Waals surface area contributed by atoms with Gasteiger partial charge in [0.15, 0.2) is 0 Å². The van der Waals surface area contributed by atoms with Crippen LogP contribution in [0.15, 0.2) is 28.2 Å². The molecular formula is C16H18BrNO4. The van der Waals surface area contributed by atoms with Gasteiger partial charge in [0.2, 0.25) is 0 Å². The summed E-state index contributed by atoms with van der Waals surface area (Å²) in [6.07, 6.45) is 0. The van der Waals surface area contributed by atoms with Crippen molar-refractivity contribution in [3.8, 4) is 0 Å². The van der Waals surface area contributed by atoms with Crippen LogP contribution in [0.2, 0.25) is 0 Å². The summed E-state index contributed by atoms with van der Waals surface area (Å²) in [5.74, 6) is -0.807. The number of amides is 1. The molecule has 0 saturated heterocycles. The average Bonchev–Trinajstić information content (AvgIpc) is 2.57. The Morgan fingerprint density at radius 1 is 1.41 bits per heavy atom. The number of ether oxygens (including phenoxy) is 1. The van der Waals surface area contributed by atoms with E-state index in [2.05, 4.69) is 15.9 Å². The highest BCUT2D eigenvalue weighted by molar-refractivity contribution is 9.10. The van der Waals surface area contributed by atoms with Crippen LogP contribution in [0, 0.1) is 5.92 Å². The van der Waals surface area contributed by atoms with Crippen LogP contribution in [0.5, 0.6) is 0 Å². The van der Waals surface area contributed by atoms with E-state index >= 15 is 0 Å². The second-order valence-electron chi connectivity index (χ2n) is 5.59. The number of aliphatic hydroxyl groups is 1. The van der Waals surface area contributed by atoms with Gasteiger partial charge in [0.1, 0.15) is 5.76 Å². The minimum Gasteiger partial charge on any atom is -0.507 e. The Kier molecular flexibility index (Phi) is 4.90. The zero-order chi connectivity index (χ0) is 16.4. The molecule has 118 valence electrons. The number of carbonyl (C=O) groups is 2. The van der Waals surface area contributed by atoms with Crippen LogP contribution in [0.4, 0.5) is 0 Å². The van der Waals surface area contributed by atoms with Gasteiger partial charge in [-0.1, -0.05) is 29.8 Å². The van der Waals surface area contributed by atoms with Gasteiger partial charge in [-0.25, -0.2) is 4.79 Å². The van der Waals surface area contributed by atoms with Crippen molar-refractivity contribution < 1.29 is 19.4 Å². The quantitative estimate of drug-likeness (QED) is 0.833. The molecular weight excluding hydrogens is 350 g/mol. The Hall–Kier alpha value is -1.82. The molecule has 1 N–H and O–H groups in total. The van der Waals surface area contributed by atoms with Crippen LogP contribution in [-0.4, -0.2) is 42.1 Å². The van der Waals surface area contributed by atoms with Gasteiger partial charge in [0, 0.05) is 16.6 Å². The Bertz CT molecular complexity index is 652. The number of benzene rings is 1. The number of methoxy groups -OCH3 is 1. The second kappa shape index (κ2) is 6.52. The summed E-state index contributed by atoms with van der Waals surface area (Å²) >= 11 is 3.32. The third-order valence-corrected chi connectivity index (χ3v) is 3.90. The molecule has 0 spiro atoms. The van der Waals surface area contributed by atoms with Crippen molar-refractivity contribution in [2.45, 2.75) is 13.8 Å². The first-order valence-corrected chi connectivity index (χ1v) is 7.74. The number of hydrogen-bond acceptors (Lipinski definition) is 4. The molecule has 0 radical (unpaired) electrons. The molecule has 1 aromatic carbocycles. The minimum atomic E-state index is -0.633. The van der Waals surface area contributed by atoms with E-state index in [1.807, 2.05) is 13.8 Å². The third-order valence-electron chi connectivity index (χ3n) is 3.41. The molecule has 1 aliphatic heterocycles. The van der Waals surface area contributed by atoms with Crippen molar-refractivity contribution in [1.82, 2.24) is 4.90 Å². The van der Waals surface area contributed by atoms with E-state index in [1.54, 1.807) is 23.1 Å². The van der Waals surface area contributed by atoms with Crippen molar-refractivity contribution in [3.05, 3.63) is 39.4 Å². The highest BCUT2D eigenvalue weighted by Crippen LogP contribution is 2.29. The topological polar surface area (TPSA) is 66.8 Å². The largest absolute Gasteiger partial charge is 0.507 e. The molecule has 0 aliphatic carbocycles. The fourth-order valence-corrected chi connectivity index (χ4v) is 2.80. The van der Waals surface area contributed by atoms with Crippen LogP contribution < -0.4 is 0 Å². The first kappa shape index (κ1) is 16.5. The number of rotatable bonds is 3. The zero-order valence-electron chi connectivity index (χ0n) is 12.7. The van der Waals surface area contributed by atoms with Gasteiger partial charge in [-0.3, -0.25) is 4.79 Å². The predicted octanol–water partition coefficient (Wildman–Crippen LogP) is 3.00. The van der Waals surface area contributed by atoms with Gasteiger partial charge in [-0.05, 0) is 24.1 Å². The van der Waals surface area contributed by atoms with Crippen molar-refractivity contribution in [3.63, 3.8) is 0 Å². The fraction of sp³-hybridized carbons (Fsp3) is 0.375. The number of aliphatic hydroxyl groups excluding tert-OH is 1. The molecule has 22 heavy (non-hydrogen) atoms. The molecule has 1 amide bonds. The maximum Gasteiger partial charge on any atom is 0.339 e. The molecule has 0 aromatic heterocycles. The van der Waals surface area contributed by atoms with Gasteiger partial charge in [-0.2, -0.15) is 0 Å². The first-order valence-electron chi connectivity index (χ1n) is 6.94. The smallest absolute Gasteiger partial charge is 0.339 e. The summed E-state index contributed by atoms with van der Waals surface area (Å²) in [5.41, 5.74) is 0.805. The van der Waals surface area contributed by atoms with Crippen molar-refractivity contribution in [2.24, 2.45) is 5.92 Å². The van der Waals surface area contributed by atoms with E-state index in [0.29, 0.717) is 22.1 Å². The highest BCUT2D eigenvalue weighted by Gasteiger charge is 2.31. The Morgan fingerprint density at radius 2 is 2.09 bits per heavy atom. The highest BCUT2D eigenvalue weighted by atomic mass is 79.9. The number of nitrogens with zero attached hydrogens (tertiary/aromatic N) is 1. The summed E-state index contributed by atoms with van der Waals surface area (Å²) in [4.78, 5) is 26.2. The van der Waals surface area contributed by atoms with Crippen LogP contribution in [0.1, 0.15) is 29.8 Å². The molecule has 0 atom stereocenters. The maximum atomic E-state index is 12.7. The number of halogens is 1. The summed E-state index contributed by atoms with van der Waals surface area (Å²) in [5, 5.41) is 10.5. The molecule has 2 rings (SSSR count). The lowest BCUT2D eigenvalue weighted by Gasteiger charge is -2.23. The molecule has 6 heteroatoms. The van der Waals surface area contributed by atoms with E-state index < -0.39 is 5.97 Å². The summed E-state index contributed by atoms with van der Waals surface area (Å²) in [6.45, 7) is 4.49. The van der Waals surface area contributed by atoms with E-state index in [1.165, 1.54) is 7.11 Å². The van der Waals surface area contributed by atoms with E-state index in [4.69, 9.17) is 4.74 Å². The molecule has 0 fully saturated rings. The summed E-state index contributed by atoms with van der Waals surface area (Å²) in [6, 6.07) is 5.01.